The molecule has 1 atom stereocenters. The predicted molar refractivity (Wildman–Crippen MR) is 95.1 cm³/mol. The number of aliphatic hydroxyl groups excluding tert-OH is 1. The standard InChI is InChI=1S/C18H22N4O5/c1-12(23)15-16(13-3-2-4-14(11-13)22(26)27)21(18(25)17(15)24)10-9-20-7-5-19-6-8-20/h2-4,11,16,19,24H,5-10H2,1H3/p+2. The van der Waals surface area contributed by atoms with E-state index in [-0.39, 0.29) is 11.3 Å². The summed E-state index contributed by atoms with van der Waals surface area (Å²) in [4.78, 5) is 38.1. The first-order valence-electron chi connectivity index (χ1n) is 9.04. The minimum atomic E-state index is -0.800. The minimum Gasteiger partial charge on any atom is -0.503 e. The molecule has 0 aromatic heterocycles. The van der Waals surface area contributed by atoms with Crippen LogP contribution in [0.1, 0.15) is 18.5 Å². The maximum absolute atomic E-state index is 12.6. The molecule has 3 rings (SSSR count). The van der Waals surface area contributed by atoms with Crippen LogP contribution in [0, 0.1) is 10.1 Å². The Bertz CT molecular complexity index is 801. The summed E-state index contributed by atoms with van der Waals surface area (Å²) in [6.07, 6.45) is 0. The highest BCUT2D eigenvalue weighted by Crippen LogP contribution is 2.38. The van der Waals surface area contributed by atoms with Crippen molar-refractivity contribution in [3.05, 3.63) is 51.3 Å². The summed E-state index contributed by atoms with van der Waals surface area (Å²) in [7, 11) is 0. The minimum absolute atomic E-state index is 0.00229. The van der Waals surface area contributed by atoms with E-state index in [1.807, 2.05) is 0 Å². The first-order chi connectivity index (χ1) is 12.9. The first-order valence-corrected chi connectivity index (χ1v) is 9.04. The lowest BCUT2D eigenvalue weighted by Gasteiger charge is -2.29. The number of Topliss-reactive ketones (excluding diaryl/α,β-unsaturated/α-hetero) is 1. The summed E-state index contributed by atoms with van der Waals surface area (Å²) in [5, 5.41) is 23.6. The molecule has 0 bridgehead atoms. The van der Waals surface area contributed by atoms with Gasteiger partial charge in [-0.25, -0.2) is 0 Å². The van der Waals surface area contributed by atoms with Gasteiger partial charge in [0.2, 0.25) is 0 Å². The van der Waals surface area contributed by atoms with Crippen molar-refractivity contribution in [3.8, 4) is 0 Å². The number of piperazine rings is 1. The highest BCUT2D eigenvalue weighted by molar-refractivity contribution is 6.08. The summed E-state index contributed by atoms with van der Waals surface area (Å²) >= 11 is 0. The fraction of sp³-hybridized carbons (Fsp3) is 0.444. The summed E-state index contributed by atoms with van der Waals surface area (Å²) in [6.45, 7) is 6.38. The van der Waals surface area contributed by atoms with E-state index in [2.05, 4.69) is 5.32 Å². The molecule has 1 aromatic carbocycles. The van der Waals surface area contributed by atoms with E-state index in [1.54, 1.807) is 6.07 Å². The molecule has 27 heavy (non-hydrogen) atoms. The molecule has 1 aromatic rings. The average molecular weight is 376 g/mol. The second kappa shape index (κ2) is 7.85. The van der Waals surface area contributed by atoms with Gasteiger partial charge in [-0.2, -0.15) is 0 Å². The van der Waals surface area contributed by atoms with Gasteiger partial charge in [-0.1, -0.05) is 12.1 Å². The smallest absolute Gasteiger partial charge is 0.290 e. The zero-order valence-corrected chi connectivity index (χ0v) is 15.2. The van der Waals surface area contributed by atoms with E-state index >= 15 is 0 Å². The van der Waals surface area contributed by atoms with Crippen LogP contribution in [0.15, 0.2) is 35.6 Å². The van der Waals surface area contributed by atoms with Crippen molar-refractivity contribution >= 4 is 17.4 Å². The third-order valence-corrected chi connectivity index (χ3v) is 5.19. The summed E-state index contributed by atoms with van der Waals surface area (Å²) in [5.74, 6) is -1.57. The third kappa shape index (κ3) is 3.83. The zero-order valence-electron chi connectivity index (χ0n) is 15.2. The molecule has 0 aliphatic carbocycles. The van der Waals surface area contributed by atoms with Gasteiger partial charge in [0.25, 0.3) is 11.6 Å². The topological polar surface area (TPSA) is 122 Å². The van der Waals surface area contributed by atoms with Crippen molar-refractivity contribution in [2.45, 2.75) is 13.0 Å². The second-order valence-corrected chi connectivity index (χ2v) is 6.94. The van der Waals surface area contributed by atoms with Gasteiger partial charge >= 0.3 is 0 Å². The normalized spacial score (nSPS) is 21.0. The SMILES string of the molecule is CC(=O)C1=C(O)C(=O)N(CC[NH+]2CC[NH2+]CC2)C1c1cccc([N+](=O)[O-])c1. The van der Waals surface area contributed by atoms with Gasteiger partial charge in [0.1, 0.15) is 26.2 Å². The molecule has 4 N–H and O–H groups in total. The number of aliphatic hydroxyl groups is 1. The molecule has 144 valence electrons. The van der Waals surface area contributed by atoms with Crippen LogP contribution in [0.4, 0.5) is 5.69 Å². The van der Waals surface area contributed by atoms with Gasteiger partial charge in [-0.05, 0) is 12.5 Å². The van der Waals surface area contributed by atoms with Crippen molar-refractivity contribution in [2.24, 2.45) is 0 Å². The molecule has 9 heteroatoms. The van der Waals surface area contributed by atoms with Crippen LogP contribution >= 0.6 is 0 Å². The molecule has 2 aliphatic heterocycles. The fourth-order valence-corrected chi connectivity index (χ4v) is 3.81. The first kappa shape index (κ1) is 19.0. The molecule has 9 nitrogen and oxygen atoms in total. The number of ketones is 1. The Hall–Kier alpha value is -2.78. The molecule has 2 heterocycles. The van der Waals surface area contributed by atoms with Crippen LogP contribution < -0.4 is 10.2 Å². The molecular weight excluding hydrogens is 352 g/mol. The monoisotopic (exact) mass is 376 g/mol. The summed E-state index contributed by atoms with van der Waals surface area (Å²) < 4.78 is 0. The van der Waals surface area contributed by atoms with E-state index in [9.17, 15) is 24.8 Å². The average Bonchev–Trinajstić information content (AvgIpc) is 2.92. The van der Waals surface area contributed by atoms with Crippen molar-refractivity contribution < 1.29 is 29.8 Å². The number of rotatable bonds is 6. The van der Waals surface area contributed by atoms with E-state index in [0.29, 0.717) is 18.7 Å². The van der Waals surface area contributed by atoms with Crippen molar-refractivity contribution in [1.29, 1.82) is 0 Å². The number of nitro benzene ring substituents is 1. The highest BCUT2D eigenvalue weighted by atomic mass is 16.6. The number of amides is 1. The Balaban J connectivity index is 1.91. The van der Waals surface area contributed by atoms with Gasteiger partial charge in [0.15, 0.2) is 11.5 Å². The van der Waals surface area contributed by atoms with E-state index in [1.165, 1.54) is 34.9 Å². The van der Waals surface area contributed by atoms with Crippen LogP contribution in [-0.4, -0.2) is 65.9 Å². The fourth-order valence-electron chi connectivity index (χ4n) is 3.81. The van der Waals surface area contributed by atoms with E-state index in [4.69, 9.17) is 0 Å². The highest BCUT2D eigenvalue weighted by Gasteiger charge is 2.43. The van der Waals surface area contributed by atoms with E-state index in [0.717, 1.165) is 26.2 Å². The Kier molecular flexibility index (Phi) is 5.52. The zero-order chi connectivity index (χ0) is 19.6. The molecule has 1 fully saturated rings. The number of carbonyl (C=O) groups excluding carboxylic acids is 2. The number of nitrogens with zero attached hydrogens (tertiary/aromatic N) is 2. The Morgan fingerprint density at radius 1 is 1.41 bits per heavy atom. The number of nitrogens with two attached hydrogens (primary N) is 1. The number of benzene rings is 1. The summed E-state index contributed by atoms with van der Waals surface area (Å²) in [6, 6.07) is 5.08. The van der Waals surface area contributed by atoms with Crippen molar-refractivity contribution in [3.63, 3.8) is 0 Å². The molecule has 1 saturated heterocycles. The number of hydrogen-bond donors (Lipinski definition) is 3. The van der Waals surface area contributed by atoms with Gasteiger partial charge < -0.3 is 20.2 Å². The lowest BCUT2D eigenvalue weighted by Crippen LogP contribution is -3.20. The molecule has 1 unspecified atom stereocenters. The third-order valence-electron chi connectivity index (χ3n) is 5.19. The number of non-ortho nitro benzene ring substituents is 1. The maximum atomic E-state index is 12.6. The molecule has 2 aliphatic rings. The molecule has 1 amide bonds. The van der Waals surface area contributed by atoms with Gasteiger partial charge in [-0.3, -0.25) is 19.7 Å². The largest absolute Gasteiger partial charge is 0.503 e. The molecule has 0 saturated carbocycles. The number of quaternary nitrogens is 2. The van der Waals surface area contributed by atoms with Crippen molar-refractivity contribution in [2.75, 3.05) is 39.3 Å². The lowest BCUT2D eigenvalue weighted by molar-refractivity contribution is -0.946. The number of carbonyl (C=O) groups is 2. The van der Waals surface area contributed by atoms with Crippen LogP contribution in [-0.2, 0) is 9.59 Å². The number of hydrogen-bond acceptors (Lipinski definition) is 5. The molecular formula is C18H24N4O5+2. The Morgan fingerprint density at radius 3 is 2.74 bits per heavy atom. The molecule has 0 spiro atoms. The van der Waals surface area contributed by atoms with Crippen LogP contribution in [0.25, 0.3) is 0 Å². The number of nitrogens with one attached hydrogen (secondary N) is 1. The van der Waals surface area contributed by atoms with Gasteiger partial charge in [-0.15, -0.1) is 0 Å². The van der Waals surface area contributed by atoms with Gasteiger partial charge in [0, 0.05) is 12.1 Å². The number of nitro groups is 1. The Labute approximate surface area is 156 Å². The van der Waals surface area contributed by atoms with Gasteiger partial charge in [0.05, 0.1) is 29.6 Å². The Morgan fingerprint density at radius 2 is 2.11 bits per heavy atom. The van der Waals surface area contributed by atoms with Crippen LogP contribution in [0.3, 0.4) is 0 Å². The summed E-state index contributed by atoms with van der Waals surface area (Å²) in [5.41, 5.74) is 0.336. The van der Waals surface area contributed by atoms with Crippen LogP contribution in [0.5, 0.6) is 0 Å². The lowest BCUT2D eigenvalue weighted by atomic mass is 9.96. The maximum Gasteiger partial charge on any atom is 0.290 e. The second-order valence-electron chi connectivity index (χ2n) is 6.94. The van der Waals surface area contributed by atoms with Crippen LogP contribution in [0.2, 0.25) is 0 Å². The quantitative estimate of drug-likeness (QED) is 0.405. The predicted octanol–water partition coefficient (Wildman–Crippen LogP) is -1.66. The van der Waals surface area contributed by atoms with E-state index < -0.39 is 28.4 Å². The molecule has 0 radical (unpaired) electrons. The van der Waals surface area contributed by atoms with Crippen molar-refractivity contribution in [1.82, 2.24) is 4.90 Å².